The Labute approximate surface area is 314 Å². The molecule has 0 atom stereocenters. The second-order valence-corrected chi connectivity index (χ2v) is 13.4. The minimum Gasteiger partial charge on any atom is -0.497 e. The summed E-state index contributed by atoms with van der Waals surface area (Å²) in [6, 6.07) is 36.8. The van der Waals surface area contributed by atoms with Gasteiger partial charge in [0.15, 0.2) is 0 Å². The van der Waals surface area contributed by atoms with E-state index in [4.69, 9.17) is 9.72 Å². The molecule has 0 aliphatic carbocycles. The summed E-state index contributed by atoms with van der Waals surface area (Å²) < 4.78 is 10.8. The number of nitrogens with zero attached hydrogens (tertiary/aromatic N) is 5. The van der Waals surface area contributed by atoms with Gasteiger partial charge >= 0.3 is 21.1 Å². The predicted molar refractivity (Wildman–Crippen MR) is 206 cm³/mol. The molecule has 6 nitrogen and oxygen atoms in total. The van der Waals surface area contributed by atoms with Crippen molar-refractivity contribution < 1.29 is 25.8 Å². The number of hydrogen-bond donors (Lipinski definition) is 0. The second-order valence-electron chi connectivity index (χ2n) is 13.4. The normalized spacial score (nSPS) is 11.7. The molecule has 0 aliphatic heterocycles. The number of imidazole rings is 2. The van der Waals surface area contributed by atoms with E-state index in [1.54, 1.807) is 6.20 Å². The summed E-state index contributed by atoms with van der Waals surface area (Å²) >= 11 is 0. The number of fused-ring (bicyclic) bond motifs is 12. The van der Waals surface area contributed by atoms with Gasteiger partial charge in [-0.3, -0.25) is 15.0 Å². The van der Waals surface area contributed by atoms with Gasteiger partial charge in [-0.15, -0.1) is 12.1 Å². The maximum atomic E-state index is 6.49. The van der Waals surface area contributed by atoms with E-state index in [2.05, 4.69) is 121 Å². The molecule has 5 heterocycles. The second kappa shape index (κ2) is 12.1. The topological polar surface area (TPSA) is 56.7 Å². The standard InChI is InChI=1S/C45H31N5O.Pt/c1-26-8-5-9-27(2)39(26)35-18-17-34-32-15-13-30(24-36(32)45-48-21-23-50(45)43(34)41(35)40-28(3)10-6-11-29(40)4)51-31-14-16-33-37(25-31)44-47-20-22-49(44)38-12-7-19-46-42(33)38;/h5-23H,1-4H3;/q-2;+2. The van der Waals surface area contributed by atoms with Crippen LogP contribution in [0.1, 0.15) is 22.3 Å². The molecule has 5 aromatic heterocycles. The first kappa shape index (κ1) is 32.1. The van der Waals surface area contributed by atoms with E-state index in [0.717, 1.165) is 54.8 Å². The number of aryl methyl sites for hydroxylation is 4. The quantitative estimate of drug-likeness (QED) is 0.131. The van der Waals surface area contributed by atoms with Crippen LogP contribution in [-0.4, -0.2) is 23.8 Å². The van der Waals surface area contributed by atoms with Crippen molar-refractivity contribution in [1.82, 2.24) is 23.8 Å². The summed E-state index contributed by atoms with van der Waals surface area (Å²) in [7, 11) is 0. The zero-order valence-corrected chi connectivity index (χ0v) is 31.2. The maximum absolute atomic E-state index is 6.49. The van der Waals surface area contributed by atoms with Crippen molar-refractivity contribution in [3.05, 3.63) is 150 Å². The molecule has 52 heavy (non-hydrogen) atoms. The van der Waals surface area contributed by atoms with Gasteiger partial charge < -0.3 is 13.5 Å². The van der Waals surface area contributed by atoms with Crippen LogP contribution in [0.3, 0.4) is 0 Å². The monoisotopic (exact) mass is 852 g/mol. The van der Waals surface area contributed by atoms with E-state index in [0.29, 0.717) is 11.5 Å². The number of aromatic nitrogens is 5. The van der Waals surface area contributed by atoms with Gasteiger partial charge in [0.05, 0.1) is 22.3 Å². The summed E-state index contributed by atoms with van der Waals surface area (Å²) in [6.07, 6.45) is 9.51. The molecule has 0 fully saturated rings. The Bertz CT molecular complexity index is 3030. The molecule has 0 amide bonds. The Balaban J connectivity index is 0.00000360. The Kier molecular flexibility index (Phi) is 7.49. The fourth-order valence-corrected chi connectivity index (χ4v) is 8.08. The van der Waals surface area contributed by atoms with E-state index in [1.165, 1.54) is 44.5 Å². The van der Waals surface area contributed by atoms with Crippen LogP contribution >= 0.6 is 0 Å². The van der Waals surface area contributed by atoms with Gasteiger partial charge in [-0.2, -0.15) is 0 Å². The first-order valence-corrected chi connectivity index (χ1v) is 17.1. The minimum atomic E-state index is 0. The van der Waals surface area contributed by atoms with E-state index in [-0.39, 0.29) is 21.1 Å². The first-order valence-electron chi connectivity index (χ1n) is 17.1. The third-order valence-corrected chi connectivity index (χ3v) is 10.3. The van der Waals surface area contributed by atoms with Crippen molar-refractivity contribution in [2.45, 2.75) is 27.7 Å². The summed E-state index contributed by atoms with van der Waals surface area (Å²) in [5.41, 5.74) is 14.6. The van der Waals surface area contributed by atoms with Crippen LogP contribution in [0.4, 0.5) is 0 Å². The van der Waals surface area contributed by atoms with E-state index < -0.39 is 0 Å². The molecule has 0 bridgehead atoms. The van der Waals surface area contributed by atoms with Crippen molar-refractivity contribution in [3.8, 4) is 33.8 Å². The van der Waals surface area contributed by atoms with Crippen LogP contribution in [0.25, 0.3) is 77.0 Å². The number of pyridine rings is 3. The van der Waals surface area contributed by atoms with Gasteiger partial charge in [0.25, 0.3) is 0 Å². The molecular formula is C45H31N5OPt. The van der Waals surface area contributed by atoms with Crippen LogP contribution < -0.4 is 4.74 Å². The van der Waals surface area contributed by atoms with Crippen LogP contribution in [-0.2, 0) is 21.1 Å². The number of benzene rings is 5. The molecule has 0 aliphatic rings. The molecule has 0 radical (unpaired) electrons. The number of ether oxygens (including phenoxy) is 1. The van der Waals surface area contributed by atoms with Gasteiger partial charge in [0, 0.05) is 53.6 Å². The molecule has 5 aromatic carbocycles. The molecule has 0 unspecified atom stereocenters. The van der Waals surface area contributed by atoms with Crippen LogP contribution in [0.15, 0.2) is 116 Å². The molecule has 0 N–H and O–H groups in total. The number of rotatable bonds is 4. The van der Waals surface area contributed by atoms with Crippen LogP contribution in [0.5, 0.6) is 11.5 Å². The predicted octanol–water partition coefficient (Wildman–Crippen LogP) is 10.9. The molecule has 252 valence electrons. The zero-order valence-electron chi connectivity index (χ0n) is 28.9. The van der Waals surface area contributed by atoms with Crippen molar-refractivity contribution in [2.75, 3.05) is 0 Å². The molecule has 0 saturated carbocycles. The first-order chi connectivity index (χ1) is 25.0. The Morgan fingerprint density at radius 2 is 1.10 bits per heavy atom. The molecular weight excluding hydrogens is 822 g/mol. The summed E-state index contributed by atoms with van der Waals surface area (Å²) in [5, 5.41) is 4.92. The Morgan fingerprint density at radius 3 is 1.79 bits per heavy atom. The minimum absolute atomic E-state index is 0. The molecule has 7 heteroatoms. The molecule has 10 rings (SSSR count). The van der Waals surface area contributed by atoms with Gasteiger partial charge in [0.1, 0.15) is 0 Å². The third kappa shape index (κ3) is 4.71. The molecule has 10 aromatic rings. The van der Waals surface area contributed by atoms with Crippen LogP contribution in [0.2, 0.25) is 0 Å². The van der Waals surface area contributed by atoms with Crippen molar-refractivity contribution in [3.63, 3.8) is 0 Å². The Morgan fingerprint density at radius 1 is 0.519 bits per heavy atom. The van der Waals surface area contributed by atoms with Crippen molar-refractivity contribution >= 4 is 54.8 Å². The van der Waals surface area contributed by atoms with Crippen molar-refractivity contribution in [2.24, 2.45) is 0 Å². The van der Waals surface area contributed by atoms with Crippen molar-refractivity contribution in [1.29, 1.82) is 0 Å². The number of hydrogen-bond acceptors (Lipinski definition) is 4. The maximum Gasteiger partial charge on any atom is 2.00 e. The van der Waals surface area contributed by atoms with E-state index >= 15 is 0 Å². The average molecular weight is 853 g/mol. The zero-order chi connectivity index (χ0) is 34.4. The summed E-state index contributed by atoms with van der Waals surface area (Å²) in [5.74, 6) is 1.16. The SMILES string of the molecule is Cc1cccc(C)c1-c1ccc2c3ccc(Oc4[c-]c5c(cc4)c4ncccc4n4ccnc54)[c-]c3c3nccn3c2c1-c1c(C)cccc1C.[Pt+2]. The fourth-order valence-electron chi connectivity index (χ4n) is 8.08. The third-order valence-electron chi connectivity index (χ3n) is 10.3. The Hall–Kier alpha value is -5.84. The van der Waals surface area contributed by atoms with Gasteiger partial charge in [-0.25, -0.2) is 0 Å². The fraction of sp³-hybridized carbons (Fsp3) is 0.0889. The van der Waals surface area contributed by atoms with Crippen LogP contribution in [0, 0.1) is 39.8 Å². The van der Waals surface area contributed by atoms with Gasteiger partial charge in [-0.1, -0.05) is 94.3 Å². The smallest absolute Gasteiger partial charge is 0.497 e. The van der Waals surface area contributed by atoms with Gasteiger partial charge in [0.2, 0.25) is 0 Å². The van der Waals surface area contributed by atoms with E-state index in [1.807, 2.05) is 47.3 Å². The molecule has 0 spiro atoms. The average Bonchev–Trinajstić information content (AvgIpc) is 3.84. The van der Waals surface area contributed by atoms with E-state index in [9.17, 15) is 0 Å². The van der Waals surface area contributed by atoms with Gasteiger partial charge in [-0.05, 0) is 84.2 Å². The molecule has 0 saturated heterocycles. The largest absolute Gasteiger partial charge is 2.00 e. The summed E-state index contributed by atoms with van der Waals surface area (Å²) in [6.45, 7) is 8.82. The summed E-state index contributed by atoms with van der Waals surface area (Å²) in [4.78, 5) is 14.2.